The quantitative estimate of drug-likeness (QED) is 0.777. The lowest BCUT2D eigenvalue weighted by Crippen LogP contribution is -2.43. The predicted octanol–water partition coefficient (Wildman–Crippen LogP) is 1.50. The van der Waals surface area contributed by atoms with Crippen LogP contribution in [-0.4, -0.2) is 57.0 Å². The zero-order valence-corrected chi connectivity index (χ0v) is 10.4. The molecule has 2 atom stereocenters. The summed E-state index contributed by atoms with van der Waals surface area (Å²) < 4.78 is 41.9. The average Bonchev–Trinajstić information content (AvgIpc) is 2.59. The van der Waals surface area contributed by atoms with Gasteiger partial charge in [-0.3, -0.25) is 4.90 Å². The van der Waals surface area contributed by atoms with Crippen molar-refractivity contribution < 1.29 is 17.9 Å². The van der Waals surface area contributed by atoms with E-state index in [0.717, 1.165) is 13.0 Å². The van der Waals surface area contributed by atoms with Gasteiger partial charge >= 0.3 is 6.18 Å². The number of hydrogen-bond donors (Lipinski definition) is 1. The largest absolute Gasteiger partial charge is 0.401 e. The van der Waals surface area contributed by atoms with Crippen molar-refractivity contribution in [2.75, 3.05) is 39.9 Å². The normalized spacial score (nSPS) is 25.8. The van der Waals surface area contributed by atoms with E-state index in [-0.39, 0.29) is 12.0 Å². The molecule has 1 saturated heterocycles. The van der Waals surface area contributed by atoms with Gasteiger partial charge in [0.25, 0.3) is 0 Å². The zero-order chi connectivity index (χ0) is 12.9. The van der Waals surface area contributed by atoms with Gasteiger partial charge in [-0.05, 0) is 20.0 Å². The van der Waals surface area contributed by atoms with Gasteiger partial charge in [-0.1, -0.05) is 6.92 Å². The van der Waals surface area contributed by atoms with Gasteiger partial charge in [0.2, 0.25) is 0 Å². The highest BCUT2D eigenvalue weighted by molar-refractivity contribution is 4.83. The Bertz CT molecular complexity index is 223. The zero-order valence-electron chi connectivity index (χ0n) is 10.4. The molecule has 102 valence electrons. The van der Waals surface area contributed by atoms with E-state index in [1.807, 2.05) is 0 Å². The second kappa shape index (κ2) is 6.56. The van der Waals surface area contributed by atoms with Crippen molar-refractivity contribution >= 4 is 0 Å². The van der Waals surface area contributed by atoms with Crippen LogP contribution in [0.2, 0.25) is 0 Å². The molecular weight excluding hydrogens is 233 g/mol. The van der Waals surface area contributed by atoms with Crippen LogP contribution in [-0.2, 0) is 4.74 Å². The Morgan fingerprint density at radius 3 is 2.65 bits per heavy atom. The Kier molecular flexibility index (Phi) is 5.69. The lowest BCUT2D eigenvalue weighted by molar-refractivity contribution is -0.144. The lowest BCUT2D eigenvalue weighted by atomic mass is 10.0. The van der Waals surface area contributed by atoms with E-state index in [0.29, 0.717) is 19.8 Å². The fraction of sp³-hybridized carbons (Fsp3) is 1.00. The highest BCUT2D eigenvalue weighted by Crippen LogP contribution is 2.19. The first-order valence-electron chi connectivity index (χ1n) is 5.98. The standard InChI is InChI=1S/C11H21F3N2O/c1-3-4-15-10-7-17-6-9(10)5-16(2)8-11(12,13)14/h9-10,15H,3-8H2,1-2H3. The molecule has 3 nitrogen and oxygen atoms in total. The molecule has 0 amide bonds. The Hall–Kier alpha value is -0.330. The number of halogens is 3. The van der Waals surface area contributed by atoms with Crippen LogP contribution in [0.5, 0.6) is 0 Å². The van der Waals surface area contributed by atoms with E-state index in [1.165, 1.54) is 11.9 Å². The van der Waals surface area contributed by atoms with Crippen molar-refractivity contribution in [2.45, 2.75) is 25.6 Å². The van der Waals surface area contributed by atoms with Crippen molar-refractivity contribution in [2.24, 2.45) is 5.92 Å². The molecule has 0 aliphatic carbocycles. The number of rotatable bonds is 6. The molecule has 1 heterocycles. The van der Waals surface area contributed by atoms with Gasteiger partial charge in [-0.15, -0.1) is 0 Å². The minimum atomic E-state index is -4.12. The maximum absolute atomic E-state index is 12.2. The van der Waals surface area contributed by atoms with E-state index in [9.17, 15) is 13.2 Å². The van der Waals surface area contributed by atoms with Crippen LogP contribution in [0.1, 0.15) is 13.3 Å². The molecule has 1 aliphatic heterocycles. The van der Waals surface area contributed by atoms with Crippen molar-refractivity contribution in [3.63, 3.8) is 0 Å². The van der Waals surface area contributed by atoms with E-state index in [4.69, 9.17) is 4.74 Å². The number of alkyl halides is 3. The van der Waals surface area contributed by atoms with E-state index < -0.39 is 12.7 Å². The molecule has 0 spiro atoms. The van der Waals surface area contributed by atoms with E-state index in [1.54, 1.807) is 0 Å². The number of ether oxygens (including phenoxy) is 1. The molecule has 0 aromatic heterocycles. The molecule has 0 saturated carbocycles. The van der Waals surface area contributed by atoms with Crippen molar-refractivity contribution in [3.05, 3.63) is 0 Å². The van der Waals surface area contributed by atoms with Crippen molar-refractivity contribution in [1.29, 1.82) is 0 Å². The Balaban J connectivity index is 2.33. The molecule has 0 bridgehead atoms. The Morgan fingerprint density at radius 2 is 2.06 bits per heavy atom. The summed E-state index contributed by atoms with van der Waals surface area (Å²) in [7, 11) is 1.50. The van der Waals surface area contributed by atoms with Crippen LogP contribution in [0.4, 0.5) is 13.2 Å². The predicted molar refractivity (Wildman–Crippen MR) is 59.9 cm³/mol. The van der Waals surface area contributed by atoms with Crippen LogP contribution in [0, 0.1) is 5.92 Å². The van der Waals surface area contributed by atoms with Gasteiger partial charge in [0.1, 0.15) is 0 Å². The first-order chi connectivity index (χ1) is 7.92. The number of nitrogens with zero attached hydrogens (tertiary/aromatic N) is 1. The summed E-state index contributed by atoms with van der Waals surface area (Å²) in [5, 5.41) is 3.32. The summed E-state index contributed by atoms with van der Waals surface area (Å²) >= 11 is 0. The minimum absolute atomic E-state index is 0.147. The lowest BCUT2D eigenvalue weighted by Gasteiger charge is -2.25. The van der Waals surface area contributed by atoms with Gasteiger partial charge < -0.3 is 10.1 Å². The van der Waals surface area contributed by atoms with Crippen LogP contribution in [0.3, 0.4) is 0 Å². The SMILES string of the molecule is CCCNC1COCC1CN(C)CC(F)(F)F. The summed E-state index contributed by atoms with van der Waals surface area (Å²) in [6.45, 7) is 3.65. The van der Waals surface area contributed by atoms with Crippen molar-refractivity contribution in [1.82, 2.24) is 10.2 Å². The van der Waals surface area contributed by atoms with Crippen molar-refractivity contribution in [3.8, 4) is 0 Å². The van der Waals surface area contributed by atoms with Crippen LogP contribution in [0.15, 0.2) is 0 Å². The molecule has 0 aromatic carbocycles. The smallest absolute Gasteiger partial charge is 0.379 e. The topological polar surface area (TPSA) is 24.5 Å². The third-order valence-electron chi connectivity index (χ3n) is 2.85. The molecule has 17 heavy (non-hydrogen) atoms. The molecule has 1 aliphatic rings. The molecule has 0 radical (unpaired) electrons. The third-order valence-corrected chi connectivity index (χ3v) is 2.85. The third kappa shape index (κ3) is 5.70. The molecule has 6 heteroatoms. The van der Waals surface area contributed by atoms with Crippen LogP contribution in [0.25, 0.3) is 0 Å². The number of nitrogens with one attached hydrogen (secondary N) is 1. The van der Waals surface area contributed by atoms with Crippen LogP contribution < -0.4 is 5.32 Å². The average molecular weight is 254 g/mol. The molecule has 1 N–H and O–H groups in total. The Morgan fingerprint density at radius 1 is 1.35 bits per heavy atom. The monoisotopic (exact) mass is 254 g/mol. The highest BCUT2D eigenvalue weighted by Gasteiger charge is 2.33. The summed E-state index contributed by atoms with van der Waals surface area (Å²) in [5.41, 5.74) is 0. The summed E-state index contributed by atoms with van der Waals surface area (Å²) in [6.07, 6.45) is -3.11. The second-order valence-electron chi connectivity index (χ2n) is 4.67. The van der Waals surface area contributed by atoms with Gasteiger partial charge in [0.15, 0.2) is 0 Å². The van der Waals surface area contributed by atoms with Gasteiger partial charge in [-0.25, -0.2) is 0 Å². The first-order valence-corrected chi connectivity index (χ1v) is 5.98. The maximum atomic E-state index is 12.2. The fourth-order valence-electron chi connectivity index (χ4n) is 2.10. The summed E-state index contributed by atoms with van der Waals surface area (Å²) in [6, 6.07) is 0.186. The summed E-state index contributed by atoms with van der Waals surface area (Å²) in [4.78, 5) is 1.32. The minimum Gasteiger partial charge on any atom is -0.379 e. The van der Waals surface area contributed by atoms with Gasteiger partial charge in [-0.2, -0.15) is 13.2 Å². The first kappa shape index (κ1) is 14.7. The van der Waals surface area contributed by atoms with E-state index >= 15 is 0 Å². The van der Waals surface area contributed by atoms with E-state index in [2.05, 4.69) is 12.2 Å². The molecular formula is C11H21F3N2O. The van der Waals surface area contributed by atoms with Gasteiger partial charge in [0, 0.05) is 18.5 Å². The fourth-order valence-corrected chi connectivity index (χ4v) is 2.10. The number of hydrogen-bond acceptors (Lipinski definition) is 3. The summed E-state index contributed by atoms with van der Waals surface area (Å²) in [5.74, 6) is 0.147. The molecule has 0 aromatic rings. The molecule has 2 unspecified atom stereocenters. The molecule has 1 rings (SSSR count). The Labute approximate surface area is 100 Å². The van der Waals surface area contributed by atoms with Crippen LogP contribution >= 0.6 is 0 Å². The second-order valence-corrected chi connectivity index (χ2v) is 4.67. The maximum Gasteiger partial charge on any atom is 0.401 e. The molecule has 1 fully saturated rings. The van der Waals surface area contributed by atoms with Gasteiger partial charge in [0.05, 0.1) is 19.8 Å². The highest BCUT2D eigenvalue weighted by atomic mass is 19.4.